The molecule has 0 bridgehead atoms. The number of hydrogen-bond donors (Lipinski definition) is 2. The summed E-state index contributed by atoms with van der Waals surface area (Å²) in [5, 5.41) is 7.24. The number of amides is 1. The molecule has 1 heterocycles. The number of nitrogens with zero attached hydrogens (tertiary/aromatic N) is 2. The van der Waals surface area contributed by atoms with E-state index < -0.39 is 0 Å². The maximum absolute atomic E-state index is 12.3. The largest absolute Gasteiger partial charge is 0.356 e. The van der Waals surface area contributed by atoms with Crippen molar-refractivity contribution in [2.24, 2.45) is 10.9 Å². The second kappa shape index (κ2) is 10.3. The van der Waals surface area contributed by atoms with E-state index in [1.807, 2.05) is 23.1 Å². The van der Waals surface area contributed by atoms with E-state index in [4.69, 9.17) is 11.6 Å². The van der Waals surface area contributed by atoms with Gasteiger partial charge in [0.1, 0.15) is 0 Å². The van der Waals surface area contributed by atoms with Crippen LogP contribution in [0.2, 0.25) is 5.02 Å². The smallest absolute Gasteiger partial charge is 0.224 e. The number of nitrogens with one attached hydrogen (secondary N) is 2. The zero-order chi connectivity index (χ0) is 18.1. The summed E-state index contributed by atoms with van der Waals surface area (Å²) in [6, 6.07) is 7.86. The maximum atomic E-state index is 12.3. The molecule has 2 rings (SSSR count). The first-order chi connectivity index (χ1) is 12.1. The Morgan fingerprint density at radius 1 is 1.36 bits per heavy atom. The topological polar surface area (TPSA) is 56.7 Å². The molecule has 1 fully saturated rings. The molecule has 0 aliphatic carbocycles. The Bertz CT molecular complexity index is 591. The van der Waals surface area contributed by atoms with Gasteiger partial charge >= 0.3 is 0 Å². The summed E-state index contributed by atoms with van der Waals surface area (Å²) in [6.07, 6.45) is 3.71. The highest BCUT2D eigenvalue weighted by molar-refractivity contribution is 6.30. The van der Waals surface area contributed by atoms with Crippen molar-refractivity contribution in [1.82, 2.24) is 15.5 Å². The summed E-state index contributed by atoms with van der Waals surface area (Å²) in [4.78, 5) is 18.5. The van der Waals surface area contributed by atoms with Gasteiger partial charge in [-0.3, -0.25) is 9.79 Å². The highest BCUT2D eigenvalue weighted by Crippen LogP contribution is 2.15. The lowest BCUT2D eigenvalue weighted by Gasteiger charge is -2.31. The molecule has 0 aromatic heterocycles. The highest BCUT2D eigenvalue weighted by Gasteiger charge is 2.20. The Balaban J connectivity index is 1.65. The van der Waals surface area contributed by atoms with Crippen LogP contribution in [0.15, 0.2) is 29.3 Å². The number of carbonyl (C=O) groups is 1. The Morgan fingerprint density at radius 2 is 2.16 bits per heavy atom. The molecule has 1 saturated heterocycles. The minimum absolute atomic E-state index is 0.230. The normalized spacial score (nSPS) is 18.1. The molecule has 1 atom stereocenters. The Hall–Kier alpha value is -1.75. The van der Waals surface area contributed by atoms with Crippen LogP contribution in [-0.2, 0) is 11.2 Å². The molecule has 1 aliphatic heterocycles. The summed E-state index contributed by atoms with van der Waals surface area (Å²) in [5.41, 5.74) is 1.19. The van der Waals surface area contributed by atoms with E-state index in [1.54, 1.807) is 7.05 Å². The van der Waals surface area contributed by atoms with Gasteiger partial charge in [0.25, 0.3) is 0 Å². The van der Waals surface area contributed by atoms with E-state index in [2.05, 4.69) is 28.6 Å². The number of benzene rings is 1. The van der Waals surface area contributed by atoms with Gasteiger partial charge in [0.15, 0.2) is 5.96 Å². The van der Waals surface area contributed by atoms with Gasteiger partial charge in [0.05, 0.1) is 0 Å². The Morgan fingerprint density at radius 3 is 2.88 bits per heavy atom. The molecule has 1 unspecified atom stereocenters. The molecule has 1 aliphatic rings. The molecule has 25 heavy (non-hydrogen) atoms. The average molecular weight is 365 g/mol. The molecule has 0 saturated carbocycles. The zero-order valence-corrected chi connectivity index (χ0v) is 16.0. The van der Waals surface area contributed by atoms with E-state index in [-0.39, 0.29) is 5.91 Å². The molecule has 2 N–H and O–H groups in total. The van der Waals surface area contributed by atoms with Crippen molar-refractivity contribution in [2.45, 2.75) is 32.6 Å². The molecule has 6 heteroatoms. The number of likely N-dealkylation sites (tertiary alicyclic amines) is 1. The fourth-order valence-electron chi connectivity index (χ4n) is 3.10. The van der Waals surface area contributed by atoms with Gasteiger partial charge in [-0.25, -0.2) is 0 Å². The molecular formula is C19H29ClN4O. The number of hydrogen-bond acceptors (Lipinski definition) is 2. The molecular weight excluding hydrogens is 336 g/mol. The van der Waals surface area contributed by atoms with Gasteiger partial charge < -0.3 is 15.5 Å². The Labute approximate surface area is 155 Å². The quantitative estimate of drug-likeness (QED) is 0.602. The third kappa shape index (κ3) is 6.94. The van der Waals surface area contributed by atoms with Crippen LogP contribution in [0, 0.1) is 5.92 Å². The van der Waals surface area contributed by atoms with Crippen LogP contribution < -0.4 is 10.6 Å². The number of carbonyl (C=O) groups excluding carboxylic acids is 1. The van der Waals surface area contributed by atoms with Crippen LogP contribution in [0.1, 0.15) is 31.7 Å². The van der Waals surface area contributed by atoms with E-state index in [0.29, 0.717) is 18.9 Å². The maximum Gasteiger partial charge on any atom is 0.224 e. The van der Waals surface area contributed by atoms with Gasteiger partial charge in [-0.1, -0.05) is 30.7 Å². The predicted octanol–water partition coefficient (Wildman–Crippen LogP) is 2.70. The van der Waals surface area contributed by atoms with Crippen LogP contribution in [0.5, 0.6) is 0 Å². The summed E-state index contributed by atoms with van der Waals surface area (Å²) in [6.45, 7) is 5.36. The van der Waals surface area contributed by atoms with Crippen molar-refractivity contribution in [3.8, 4) is 0 Å². The minimum atomic E-state index is 0.230. The van der Waals surface area contributed by atoms with Crippen molar-refractivity contribution in [3.05, 3.63) is 34.9 Å². The first-order valence-corrected chi connectivity index (χ1v) is 9.43. The molecule has 0 spiro atoms. The first-order valence-electron chi connectivity index (χ1n) is 9.05. The molecule has 1 aromatic carbocycles. The second-order valence-corrected chi connectivity index (χ2v) is 7.08. The van der Waals surface area contributed by atoms with Gasteiger partial charge in [-0.2, -0.15) is 0 Å². The van der Waals surface area contributed by atoms with Crippen LogP contribution >= 0.6 is 11.6 Å². The van der Waals surface area contributed by atoms with Crippen molar-refractivity contribution in [1.29, 1.82) is 0 Å². The summed E-state index contributed by atoms with van der Waals surface area (Å²) in [5.74, 6) is 1.57. The number of halogens is 1. The number of rotatable bonds is 6. The summed E-state index contributed by atoms with van der Waals surface area (Å²) in [7, 11) is 1.74. The molecule has 1 amide bonds. The van der Waals surface area contributed by atoms with E-state index in [1.165, 1.54) is 12.0 Å². The number of guanidine groups is 1. The lowest BCUT2D eigenvalue weighted by atomic mass is 10.00. The SMILES string of the molecule is CN=C(NCCC(=O)N1CCCC(C)C1)NCCc1cccc(Cl)c1. The summed E-state index contributed by atoms with van der Waals surface area (Å²) >= 11 is 5.99. The second-order valence-electron chi connectivity index (χ2n) is 6.64. The zero-order valence-electron chi connectivity index (χ0n) is 15.2. The van der Waals surface area contributed by atoms with Crippen LogP contribution in [0.3, 0.4) is 0 Å². The average Bonchev–Trinajstić information content (AvgIpc) is 2.60. The predicted molar refractivity (Wildman–Crippen MR) is 104 cm³/mol. The Kier molecular flexibility index (Phi) is 8.06. The molecule has 138 valence electrons. The minimum Gasteiger partial charge on any atom is -0.356 e. The van der Waals surface area contributed by atoms with Gasteiger partial charge in [-0.05, 0) is 42.9 Å². The van der Waals surface area contributed by atoms with Gasteiger partial charge in [0, 0.05) is 44.7 Å². The standard InChI is InChI=1S/C19H29ClN4O/c1-15-5-4-12-24(14-15)18(25)9-11-23-19(21-2)22-10-8-16-6-3-7-17(20)13-16/h3,6-7,13,15H,4-5,8-12,14H2,1-2H3,(H2,21,22,23). The molecule has 1 aromatic rings. The number of aliphatic imine (C=N–C) groups is 1. The van der Waals surface area contributed by atoms with Crippen molar-refractivity contribution in [3.63, 3.8) is 0 Å². The summed E-state index contributed by atoms with van der Waals surface area (Å²) < 4.78 is 0. The van der Waals surface area contributed by atoms with E-state index in [0.717, 1.165) is 43.5 Å². The van der Waals surface area contributed by atoms with Crippen LogP contribution in [-0.4, -0.2) is 50.0 Å². The first kappa shape index (κ1) is 19.6. The van der Waals surface area contributed by atoms with E-state index >= 15 is 0 Å². The monoisotopic (exact) mass is 364 g/mol. The third-order valence-electron chi connectivity index (χ3n) is 4.46. The van der Waals surface area contributed by atoms with Crippen LogP contribution in [0.4, 0.5) is 0 Å². The van der Waals surface area contributed by atoms with Crippen molar-refractivity contribution < 1.29 is 4.79 Å². The lowest BCUT2D eigenvalue weighted by Crippen LogP contribution is -2.42. The van der Waals surface area contributed by atoms with Gasteiger partial charge in [0.2, 0.25) is 5.91 Å². The van der Waals surface area contributed by atoms with Crippen molar-refractivity contribution >= 4 is 23.5 Å². The molecule has 0 radical (unpaired) electrons. The highest BCUT2D eigenvalue weighted by atomic mass is 35.5. The lowest BCUT2D eigenvalue weighted by molar-refractivity contribution is -0.132. The fourth-order valence-corrected chi connectivity index (χ4v) is 3.31. The molecule has 5 nitrogen and oxygen atoms in total. The third-order valence-corrected chi connectivity index (χ3v) is 4.69. The van der Waals surface area contributed by atoms with E-state index in [9.17, 15) is 4.79 Å². The van der Waals surface area contributed by atoms with Crippen LogP contribution in [0.25, 0.3) is 0 Å². The fraction of sp³-hybridized carbons (Fsp3) is 0.579. The van der Waals surface area contributed by atoms with Gasteiger partial charge in [-0.15, -0.1) is 0 Å². The van der Waals surface area contributed by atoms with Crippen molar-refractivity contribution in [2.75, 3.05) is 33.2 Å². The number of piperidine rings is 1.